The third-order valence-corrected chi connectivity index (χ3v) is 4.30. The molecule has 1 heterocycles. The molecule has 0 unspecified atom stereocenters. The largest absolute Gasteiger partial charge is 0.398 e. The normalized spacial score (nSPS) is 10.3. The van der Waals surface area contributed by atoms with Crippen LogP contribution >= 0.6 is 22.9 Å². The summed E-state index contributed by atoms with van der Waals surface area (Å²) in [5.74, 6) is -0.165. The van der Waals surface area contributed by atoms with E-state index in [1.165, 1.54) is 11.3 Å². The van der Waals surface area contributed by atoms with Crippen LogP contribution in [-0.2, 0) is 6.54 Å². The quantitative estimate of drug-likeness (QED) is 0.848. The molecule has 3 nitrogen and oxygen atoms in total. The lowest BCUT2D eigenvalue weighted by atomic mass is 10.2. The number of nitrogens with two attached hydrogens (primary N) is 1. The number of halogens is 1. The number of thiophene rings is 1. The molecule has 0 saturated heterocycles. The van der Waals surface area contributed by atoms with Gasteiger partial charge in [0, 0.05) is 12.2 Å². The fraction of sp³-hybridized carbons (Fsp3) is 0.154. The van der Waals surface area contributed by atoms with Crippen LogP contribution in [0.1, 0.15) is 20.8 Å². The van der Waals surface area contributed by atoms with E-state index >= 15 is 0 Å². The van der Waals surface area contributed by atoms with E-state index in [2.05, 4.69) is 5.32 Å². The maximum atomic E-state index is 11.9. The second-order valence-electron chi connectivity index (χ2n) is 3.94. The number of anilines is 1. The molecule has 0 aliphatic heterocycles. The number of rotatable bonds is 3. The second-order valence-corrected chi connectivity index (χ2v) is 5.20. The van der Waals surface area contributed by atoms with Crippen LogP contribution in [0, 0.1) is 6.92 Å². The molecule has 1 aromatic heterocycles. The highest BCUT2D eigenvalue weighted by atomic mass is 35.5. The first-order chi connectivity index (χ1) is 8.59. The third-order valence-electron chi connectivity index (χ3n) is 2.60. The first-order valence-corrected chi connectivity index (χ1v) is 6.70. The Labute approximate surface area is 115 Å². The minimum absolute atomic E-state index is 0.165. The molecule has 0 radical (unpaired) electrons. The van der Waals surface area contributed by atoms with Gasteiger partial charge in [0.1, 0.15) is 4.88 Å². The zero-order valence-electron chi connectivity index (χ0n) is 9.87. The van der Waals surface area contributed by atoms with Gasteiger partial charge in [-0.25, -0.2) is 0 Å². The van der Waals surface area contributed by atoms with Crippen molar-refractivity contribution < 1.29 is 4.79 Å². The van der Waals surface area contributed by atoms with Crippen molar-refractivity contribution in [3.63, 3.8) is 0 Å². The summed E-state index contributed by atoms with van der Waals surface area (Å²) in [4.78, 5) is 12.5. The molecule has 18 heavy (non-hydrogen) atoms. The number of carbonyl (C=O) groups excluding carboxylic acids is 1. The monoisotopic (exact) mass is 280 g/mol. The molecule has 94 valence electrons. The van der Waals surface area contributed by atoms with Crippen LogP contribution in [0.25, 0.3) is 0 Å². The fourth-order valence-corrected chi connectivity index (χ4v) is 2.73. The number of carbonyl (C=O) groups is 1. The maximum absolute atomic E-state index is 11.9. The molecule has 0 aliphatic carbocycles. The minimum atomic E-state index is -0.165. The van der Waals surface area contributed by atoms with Gasteiger partial charge in [0.2, 0.25) is 0 Å². The number of nitrogen functional groups attached to an aromatic ring is 1. The van der Waals surface area contributed by atoms with E-state index < -0.39 is 0 Å². The van der Waals surface area contributed by atoms with Crippen molar-refractivity contribution in [2.24, 2.45) is 0 Å². The van der Waals surface area contributed by atoms with E-state index in [-0.39, 0.29) is 5.91 Å². The highest BCUT2D eigenvalue weighted by Gasteiger charge is 2.14. The van der Waals surface area contributed by atoms with Gasteiger partial charge in [0.05, 0.1) is 5.02 Å². The molecule has 0 fully saturated rings. The van der Waals surface area contributed by atoms with Gasteiger partial charge in [-0.05, 0) is 29.5 Å². The van der Waals surface area contributed by atoms with Crippen LogP contribution in [0.2, 0.25) is 5.02 Å². The molecule has 0 aliphatic rings. The van der Waals surface area contributed by atoms with Crippen LogP contribution in [-0.4, -0.2) is 5.91 Å². The molecule has 0 atom stereocenters. The highest BCUT2D eigenvalue weighted by Crippen LogP contribution is 2.27. The predicted octanol–water partition coefficient (Wildman–Crippen LogP) is 3.22. The van der Waals surface area contributed by atoms with Crippen molar-refractivity contribution in [2.75, 3.05) is 5.73 Å². The molecule has 3 N–H and O–H groups in total. The second kappa shape index (κ2) is 5.42. The Kier molecular flexibility index (Phi) is 3.89. The molecule has 0 saturated carbocycles. The molecule has 1 aromatic carbocycles. The molecule has 2 rings (SSSR count). The van der Waals surface area contributed by atoms with Gasteiger partial charge < -0.3 is 11.1 Å². The van der Waals surface area contributed by atoms with Gasteiger partial charge >= 0.3 is 0 Å². The summed E-state index contributed by atoms with van der Waals surface area (Å²) in [7, 11) is 0. The van der Waals surface area contributed by atoms with Crippen molar-refractivity contribution in [3.8, 4) is 0 Å². The van der Waals surface area contributed by atoms with Gasteiger partial charge in [0.25, 0.3) is 5.91 Å². The number of aryl methyl sites for hydroxylation is 1. The van der Waals surface area contributed by atoms with E-state index in [0.29, 0.717) is 22.1 Å². The summed E-state index contributed by atoms with van der Waals surface area (Å²) in [5, 5.41) is 5.21. The SMILES string of the molecule is Cc1csc(C(=O)NCc2ccccc2N)c1Cl. The lowest BCUT2D eigenvalue weighted by molar-refractivity contribution is 0.0955. The number of hydrogen-bond acceptors (Lipinski definition) is 3. The van der Waals surface area contributed by atoms with Gasteiger partial charge in [-0.2, -0.15) is 0 Å². The number of nitrogens with one attached hydrogen (secondary N) is 1. The number of benzene rings is 1. The highest BCUT2D eigenvalue weighted by molar-refractivity contribution is 7.13. The summed E-state index contributed by atoms with van der Waals surface area (Å²) in [6, 6.07) is 7.45. The Balaban J connectivity index is 2.05. The Hall–Kier alpha value is -1.52. The van der Waals surface area contributed by atoms with Crippen molar-refractivity contribution >= 4 is 34.5 Å². The van der Waals surface area contributed by atoms with Gasteiger partial charge in [-0.15, -0.1) is 11.3 Å². The van der Waals surface area contributed by atoms with Crippen molar-refractivity contribution in [1.82, 2.24) is 5.32 Å². The predicted molar refractivity (Wildman–Crippen MR) is 76.1 cm³/mol. The summed E-state index contributed by atoms with van der Waals surface area (Å²) in [6.07, 6.45) is 0. The van der Waals surface area contributed by atoms with E-state index in [1.807, 2.05) is 36.6 Å². The minimum Gasteiger partial charge on any atom is -0.398 e. The maximum Gasteiger partial charge on any atom is 0.263 e. The van der Waals surface area contributed by atoms with Crippen molar-refractivity contribution in [3.05, 3.63) is 50.7 Å². The molecule has 1 amide bonds. The molecule has 5 heteroatoms. The van der Waals surface area contributed by atoms with E-state index in [4.69, 9.17) is 17.3 Å². The zero-order valence-corrected chi connectivity index (χ0v) is 11.4. The lowest BCUT2D eigenvalue weighted by Crippen LogP contribution is -2.22. The van der Waals surface area contributed by atoms with Crippen LogP contribution in [0.15, 0.2) is 29.6 Å². The van der Waals surface area contributed by atoms with Crippen LogP contribution < -0.4 is 11.1 Å². The molecular formula is C13H13ClN2OS. The smallest absolute Gasteiger partial charge is 0.263 e. The standard InChI is InChI=1S/C13H13ClN2OS/c1-8-7-18-12(11(8)14)13(17)16-6-9-4-2-3-5-10(9)15/h2-5,7H,6,15H2,1H3,(H,16,17). The summed E-state index contributed by atoms with van der Waals surface area (Å²) in [6.45, 7) is 2.28. The van der Waals surface area contributed by atoms with E-state index in [0.717, 1.165) is 11.1 Å². The molecular weight excluding hydrogens is 268 g/mol. The average molecular weight is 281 g/mol. The third kappa shape index (κ3) is 2.66. The summed E-state index contributed by atoms with van der Waals surface area (Å²) in [5.41, 5.74) is 8.30. The number of amides is 1. The Morgan fingerprint density at radius 1 is 1.44 bits per heavy atom. The van der Waals surface area contributed by atoms with Crippen LogP contribution in [0.4, 0.5) is 5.69 Å². The first-order valence-electron chi connectivity index (χ1n) is 5.44. The number of para-hydroxylation sites is 1. The van der Waals surface area contributed by atoms with E-state index in [1.54, 1.807) is 0 Å². The van der Waals surface area contributed by atoms with Crippen LogP contribution in [0.3, 0.4) is 0 Å². The number of hydrogen-bond donors (Lipinski definition) is 2. The topological polar surface area (TPSA) is 55.1 Å². The van der Waals surface area contributed by atoms with Crippen LogP contribution in [0.5, 0.6) is 0 Å². The Morgan fingerprint density at radius 3 is 2.78 bits per heavy atom. The molecule has 0 spiro atoms. The molecule has 0 bridgehead atoms. The lowest BCUT2D eigenvalue weighted by Gasteiger charge is -2.06. The fourth-order valence-electron chi connectivity index (χ4n) is 1.53. The summed E-state index contributed by atoms with van der Waals surface area (Å²) >= 11 is 7.39. The van der Waals surface area contributed by atoms with Gasteiger partial charge in [0.15, 0.2) is 0 Å². The zero-order chi connectivity index (χ0) is 13.1. The van der Waals surface area contributed by atoms with E-state index in [9.17, 15) is 4.79 Å². The summed E-state index contributed by atoms with van der Waals surface area (Å²) < 4.78 is 0. The van der Waals surface area contributed by atoms with Gasteiger partial charge in [-0.1, -0.05) is 29.8 Å². The Bertz CT molecular complexity index is 580. The van der Waals surface area contributed by atoms with Gasteiger partial charge in [-0.3, -0.25) is 4.79 Å². The molecule has 2 aromatic rings. The van der Waals surface area contributed by atoms with Crippen molar-refractivity contribution in [2.45, 2.75) is 13.5 Å². The first kappa shape index (κ1) is 12.9. The van der Waals surface area contributed by atoms with Crippen molar-refractivity contribution in [1.29, 1.82) is 0 Å². The Morgan fingerprint density at radius 2 is 2.17 bits per heavy atom. The average Bonchev–Trinajstić information content (AvgIpc) is 2.69.